The highest BCUT2D eigenvalue weighted by Gasteiger charge is 2.16. The first-order chi connectivity index (χ1) is 6.94. The fourth-order valence-corrected chi connectivity index (χ4v) is 1.99. The summed E-state index contributed by atoms with van der Waals surface area (Å²) < 4.78 is 26.2. The smallest absolute Gasteiger partial charge is 0.338 e. The molecule has 0 bridgehead atoms. The van der Waals surface area contributed by atoms with E-state index in [0.717, 1.165) is 0 Å². The molecule has 1 aromatic heterocycles. The Bertz CT molecular complexity index is 471. The molecule has 0 saturated carbocycles. The van der Waals surface area contributed by atoms with Crippen molar-refractivity contribution < 1.29 is 17.9 Å². The summed E-state index contributed by atoms with van der Waals surface area (Å²) >= 11 is 0. The monoisotopic (exact) mass is 249 g/mol. The van der Waals surface area contributed by atoms with Gasteiger partial charge < -0.3 is 4.74 Å². The Morgan fingerprint density at radius 1 is 1.60 bits per heavy atom. The van der Waals surface area contributed by atoms with Crippen LogP contribution in [0.15, 0.2) is 18.5 Å². The molecule has 7 heteroatoms. The lowest BCUT2D eigenvalue weighted by Gasteiger charge is -2.04. The van der Waals surface area contributed by atoms with Crippen molar-refractivity contribution in [1.29, 1.82) is 0 Å². The fraction of sp³-hybridized carbons (Fsp3) is 0.250. The molecule has 82 valence electrons. The van der Waals surface area contributed by atoms with Crippen molar-refractivity contribution in [2.45, 2.75) is 5.75 Å². The standard InChI is InChI=1S/C8H8ClNO4S/c1-14-8(11)7-2-3-10-4-6(7)5-15(9,12)13/h2-4H,5H2,1H3. The van der Waals surface area contributed by atoms with Gasteiger partial charge in [0, 0.05) is 28.6 Å². The number of pyridine rings is 1. The van der Waals surface area contributed by atoms with E-state index in [-0.39, 0.29) is 11.1 Å². The van der Waals surface area contributed by atoms with Crippen molar-refractivity contribution in [3.63, 3.8) is 0 Å². The topological polar surface area (TPSA) is 73.3 Å². The summed E-state index contributed by atoms with van der Waals surface area (Å²) in [4.78, 5) is 14.9. The van der Waals surface area contributed by atoms with Crippen LogP contribution in [0.3, 0.4) is 0 Å². The second-order valence-corrected chi connectivity index (χ2v) is 5.48. The van der Waals surface area contributed by atoms with Gasteiger partial charge in [0.05, 0.1) is 18.4 Å². The molecular formula is C8H8ClNO4S. The molecule has 1 heterocycles. The molecule has 0 radical (unpaired) electrons. The van der Waals surface area contributed by atoms with Gasteiger partial charge in [0.15, 0.2) is 0 Å². The number of halogens is 1. The average molecular weight is 250 g/mol. The van der Waals surface area contributed by atoms with Crippen LogP contribution >= 0.6 is 10.7 Å². The second-order valence-electron chi connectivity index (χ2n) is 2.71. The van der Waals surface area contributed by atoms with E-state index in [1.165, 1.54) is 25.6 Å². The van der Waals surface area contributed by atoms with E-state index < -0.39 is 20.8 Å². The molecule has 0 aromatic carbocycles. The molecule has 0 saturated heterocycles. The van der Waals surface area contributed by atoms with E-state index in [2.05, 4.69) is 9.72 Å². The molecule has 0 aliphatic carbocycles. The van der Waals surface area contributed by atoms with Crippen LogP contribution in [0.4, 0.5) is 0 Å². The molecule has 0 spiro atoms. The molecule has 0 aliphatic rings. The van der Waals surface area contributed by atoms with E-state index >= 15 is 0 Å². The van der Waals surface area contributed by atoms with Crippen LogP contribution < -0.4 is 0 Å². The van der Waals surface area contributed by atoms with Gasteiger partial charge in [-0.3, -0.25) is 4.98 Å². The Kier molecular flexibility index (Phi) is 3.65. The third-order valence-corrected chi connectivity index (χ3v) is 2.62. The molecule has 1 rings (SSSR count). The first-order valence-corrected chi connectivity index (χ1v) is 6.35. The minimum atomic E-state index is -3.72. The zero-order chi connectivity index (χ0) is 11.5. The van der Waals surface area contributed by atoms with Crippen LogP contribution in [-0.2, 0) is 19.5 Å². The van der Waals surface area contributed by atoms with E-state index in [1.807, 2.05) is 0 Å². The van der Waals surface area contributed by atoms with Gasteiger partial charge in [0.2, 0.25) is 9.05 Å². The lowest BCUT2D eigenvalue weighted by molar-refractivity contribution is 0.0599. The molecule has 1 aromatic rings. The zero-order valence-corrected chi connectivity index (χ0v) is 9.38. The fourth-order valence-electron chi connectivity index (χ4n) is 1.04. The van der Waals surface area contributed by atoms with Crippen molar-refractivity contribution in [2.24, 2.45) is 0 Å². The molecule has 5 nitrogen and oxygen atoms in total. The second kappa shape index (κ2) is 4.59. The lowest BCUT2D eigenvalue weighted by atomic mass is 10.2. The first kappa shape index (κ1) is 11.9. The lowest BCUT2D eigenvalue weighted by Crippen LogP contribution is -2.08. The Morgan fingerprint density at radius 3 is 2.80 bits per heavy atom. The number of methoxy groups -OCH3 is 1. The van der Waals surface area contributed by atoms with E-state index in [9.17, 15) is 13.2 Å². The number of rotatable bonds is 3. The summed E-state index contributed by atoms with van der Waals surface area (Å²) in [6, 6.07) is 1.38. The third kappa shape index (κ3) is 3.49. The quantitative estimate of drug-likeness (QED) is 0.589. The van der Waals surface area contributed by atoms with Crippen LogP contribution in [0.1, 0.15) is 15.9 Å². The highest BCUT2D eigenvalue weighted by atomic mass is 35.7. The number of esters is 1. The maximum Gasteiger partial charge on any atom is 0.338 e. The van der Waals surface area contributed by atoms with Crippen molar-refractivity contribution in [3.8, 4) is 0 Å². The van der Waals surface area contributed by atoms with Gasteiger partial charge in [0.1, 0.15) is 0 Å². The van der Waals surface area contributed by atoms with Crippen molar-refractivity contribution in [2.75, 3.05) is 7.11 Å². The SMILES string of the molecule is COC(=O)c1ccncc1CS(=O)(=O)Cl. The Morgan fingerprint density at radius 2 is 2.27 bits per heavy atom. The van der Waals surface area contributed by atoms with Crippen LogP contribution in [0.25, 0.3) is 0 Å². The van der Waals surface area contributed by atoms with E-state index in [0.29, 0.717) is 0 Å². The molecule has 0 amide bonds. The van der Waals surface area contributed by atoms with Crippen LogP contribution in [0, 0.1) is 0 Å². The average Bonchev–Trinajstić information content (AvgIpc) is 2.15. The molecule has 0 aliphatic heterocycles. The number of ether oxygens (including phenoxy) is 1. The van der Waals surface area contributed by atoms with Crippen LogP contribution in [0.5, 0.6) is 0 Å². The Labute approximate surface area is 91.5 Å². The van der Waals surface area contributed by atoms with Crippen molar-refractivity contribution in [3.05, 3.63) is 29.6 Å². The molecular weight excluding hydrogens is 242 g/mol. The largest absolute Gasteiger partial charge is 0.465 e. The minimum Gasteiger partial charge on any atom is -0.465 e. The predicted molar refractivity (Wildman–Crippen MR) is 54.1 cm³/mol. The highest BCUT2D eigenvalue weighted by Crippen LogP contribution is 2.14. The number of hydrogen-bond acceptors (Lipinski definition) is 5. The van der Waals surface area contributed by atoms with E-state index in [4.69, 9.17) is 10.7 Å². The van der Waals surface area contributed by atoms with Crippen molar-refractivity contribution >= 4 is 25.7 Å². The molecule has 0 fully saturated rings. The Hall–Kier alpha value is -1.14. The first-order valence-electron chi connectivity index (χ1n) is 3.87. The number of nitrogens with zero attached hydrogens (tertiary/aromatic N) is 1. The summed E-state index contributed by atoms with van der Waals surface area (Å²) in [5.41, 5.74) is 0.371. The van der Waals surface area contributed by atoms with Gasteiger partial charge in [-0.05, 0) is 6.07 Å². The molecule has 0 unspecified atom stereocenters. The van der Waals surface area contributed by atoms with Gasteiger partial charge in [-0.25, -0.2) is 13.2 Å². The maximum atomic E-state index is 11.2. The van der Waals surface area contributed by atoms with Crippen LogP contribution in [-0.4, -0.2) is 26.5 Å². The minimum absolute atomic E-state index is 0.150. The number of hydrogen-bond donors (Lipinski definition) is 0. The van der Waals surface area contributed by atoms with Gasteiger partial charge in [0.25, 0.3) is 0 Å². The van der Waals surface area contributed by atoms with Crippen LogP contribution in [0.2, 0.25) is 0 Å². The maximum absolute atomic E-state index is 11.2. The highest BCUT2D eigenvalue weighted by molar-refractivity contribution is 8.13. The Balaban J connectivity index is 3.13. The normalized spacial score (nSPS) is 11.1. The van der Waals surface area contributed by atoms with E-state index in [1.54, 1.807) is 0 Å². The van der Waals surface area contributed by atoms with Gasteiger partial charge >= 0.3 is 5.97 Å². The third-order valence-electron chi connectivity index (χ3n) is 1.64. The number of aromatic nitrogens is 1. The molecule has 15 heavy (non-hydrogen) atoms. The summed E-state index contributed by atoms with van der Waals surface area (Å²) in [5.74, 6) is -1.07. The molecule has 0 atom stereocenters. The number of carbonyl (C=O) groups excluding carboxylic acids is 1. The summed E-state index contributed by atoms with van der Waals surface area (Å²) in [6.45, 7) is 0. The van der Waals surface area contributed by atoms with Gasteiger partial charge in [-0.1, -0.05) is 0 Å². The zero-order valence-electron chi connectivity index (χ0n) is 7.81. The number of carbonyl (C=O) groups is 1. The van der Waals surface area contributed by atoms with Gasteiger partial charge in [-0.2, -0.15) is 0 Å². The van der Waals surface area contributed by atoms with Gasteiger partial charge in [-0.15, -0.1) is 0 Å². The predicted octanol–water partition coefficient (Wildman–Crippen LogP) is 0.937. The summed E-state index contributed by atoms with van der Waals surface area (Å²) in [7, 11) is 2.57. The summed E-state index contributed by atoms with van der Waals surface area (Å²) in [6.07, 6.45) is 2.64. The summed E-state index contributed by atoms with van der Waals surface area (Å²) in [5, 5.41) is 0. The molecule has 0 N–H and O–H groups in total. The van der Waals surface area contributed by atoms with Crippen molar-refractivity contribution in [1.82, 2.24) is 4.98 Å².